The second kappa shape index (κ2) is 9.54. The highest BCUT2D eigenvalue weighted by Gasteiger charge is 2.36. The van der Waals surface area contributed by atoms with E-state index in [9.17, 15) is 28.9 Å². The minimum Gasteiger partial charge on any atom is -0.487 e. The molecule has 2 aromatic carbocycles. The van der Waals surface area contributed by atoms with E-state index in [1.54, 1.807) is 18.2 Å². The predicted octanol–water partition coefficient (Wildman–Crippen LogP) is 1.71. The van der Waals surface area contributed by atoms with Crippen molar-refractivity contribution in [1.29, 1.82) is 0 Å². The molecule has 1 fully saturated rings. The van der Waals surface area contributed by atoms with Crippen LogP contribution >= 0.6 is 11.0 Å². The third-order valence-electron chi connectivity index (χ3n) is 4.59. The van der Waals surface area contributed by atoms with Crippen LogP contribution in [0.1, 0.15) is 18.1 Å². The van der Waals surface area contributed by atoms with Crippen LogP contribution in [0.15, 0.2) is 48.5 Å². The second-order valence-corrected chi connectivity index (χ2v) is 8.80. The number of carboxylic acid groups (broad SMARTS) is 1. The molecule has 1 heterocycles. The zero-order valence-corrected chi connectivity index (χ0v) is 17.6. The lowest BCUT2D eigenvalue weighted by molar-refractivity contribution is -0.141. The lowest BCUT2D eigenvalue weighted by Crippen LogP contribution is -2.41. The van der Waals surface area contributed by atoms with Crippen molar-refractivity contribution < 1.29 is 33.6 Å². The molecular weight excluding hydrogens is 426 g/mol. The normalized spacial score (nSPS) is 19.5. The number of amides is 1. The fourth-order valence-corrected chi connectivity index (χ4v) is 4.54. The first-order valence-corrected chi connectivity index (χ1v) is 11.0. The Labute approximate surface area is 181 Å². The molecule has 1 aliphatic heterocycles. The van der Waals surface area contributed by atoms with Crippen LogP contribution in [0.2, 0.25) is 0 Å². The summed E-state index contributed by atoms with van der Waals surface area (Å²) >= 11 is 0. The number of benzene rings is 2. The van der Waals surface area contributed by atoms with Gasteiger partial charge in [0.05, 0.1) is 6.54 Å². The number of nitrogens with one attached hydrogen (secondary N) is 2. The number of β-amino-alcohol motifs (C(OH)–C–C–N with tert-alkyl or cyclic N) is 1. The van der Waals surface area contributed by atoms with E-state index in [-0.39, 0.29) is 25.3 Å². The minimum absolute atomic E-state index is 0.00795. The number of carbonyl (C=O) groups excluding carboxylic acids is 1. The summed E-state index contributed by atoms with van der Waals surface area (Å²) in [5, 5.41) is 21.6. The summed E-state index contributed by atoms with van der Waals surface area (Å²) in [4.78, 5) is 22.8. The largest absolute Gasteiger partial charge is 0.487 e. The lowest BCUT2D eigenvalue weighted by Gasteiger charge is -2.37. The molecule has 1 aliphatic rings. The van der Waals surface area contributed by atoms with E-state index >= 15 is 0 Å². The molecule has 10 nitrogen and oxygen atoms in total. The molecule has 6 N–H and O–H groups in total. The number of rotatable bonds is 8. The first-order valence-electron chi connectivity index (χ1n) is 9.46. The van der Waals surface area contributed by atoms with Crippen molar-refractivity contribution in [2.45, 2.75) is 32.2 Å². The van der Waals surface area contributed by atoms with Crippen molar-refractivity contribution in [2.24, 2.45) is 0 Å². The van der Waals surface area contributed by atoms with Crippen molar-refractivity contribution in [3.05, 3.63) is 59.7 Å². The van der Waals surface area contributed by atoms with Gasteiger partial charge in [0, 0.05) is 13.3 Å². The van der Waals surface area contributed by atoms with Crippen molar-refractivity contribution in [3.8, 4) is 5.75 Å². The van der Waals surface area contributed by atoms with Crippen molar-refractivity contribution >= 4 is 28.5 Å². The summed E-state index contributed by atoms with van der Waals surface area (Å²) in [6, 6.07) is 13.0. The van der Waals surface area contributed by atoms with E-state index in [1.165, 1.54) is 11.2 Å². The maximum Gasteiger partial charge on any atom is 0.326 e. The number of carboxylic acids is 1. The maximum atomic E-state index is 11.5. The number of aliphatic hydroxyl groups excluding tert-OH is 1. The minimum atomic E-state index is -3.46. The number of hydrogen-bond acceptors (Lipinski definition) is 8. The van der Waals surface area contributed by atoms with Crippen molar-refractivity contribution in [1.82, 2.24) is 10.0 Å². The quantitative estimate of drug-likeness (QED) is 0.352. The third kappa shape index (κ3) is 5.87. The first-order chi connectivity index (χ1) is 14.7. The van der Waals surface area contributed by atoms with Crippen LogP contribution in [0.25, 0.3) is 0 Å². The third-order valence-corrected chi connectivity index (χ3v) is 6.13. The topological polar surface area (TPSA) is 152 Å². The Hall–Kier alpha value is -2.83. The SMILES string of the molecule is CC(=O)N[C@@H](Cc1ccc(N2CC(O)NS2(O)O)c(OCc2ccccc2)c1)C(=O)O. The molecule has 2 aromatic rings. The van der Waals surface area contributed by atoms with Gasteiger partial charge < -0.3 is 20.3 Å². The summed E-state index contributed by atoms with van der Waals surface area (Å²) in [6.45, 7) is 1.35. The van der Waals surface area contributed by atoms with Crippen LogP contribution in [0.4, 0.5) is 5.69 Å². The van der Waals surface area contributed by atoms with E-state index in [0.717, 1.165) is 5.56 Å². The molecule has 0 radical (unpaired) electrons. The molecule has 1 unspecified atom stereocenters. The Kier molecular flexibility index (Phi) is 7.03. The average Bonchev–Trinajstić information content (AvgIpc) is 2.98. The molecule has 0 aromatic heterocycles. The summed E-state index contributed by atoms with van der Waals surface area (Å²) in [5.41, 5.74) is 1.78. The van der Waals surface area contributed by atoms with Gasteiger partial charge in [-0.15, -0.1) is 0 Å². The van der Waals surface area contributed by atoms with Gasteiger partial charge in [0.15, 0.2) is 0 Å². The molecule has 31 heavy (non-hydrogen) atoms. The molecule has 0 saturated carbocycles. The summed E-state index contributed by atoms with van der Waals surface area (Å²) < 4.78 is 30.0. The van der Waals surface area contributed by atoms with Crippen LogP contribution in [0.3, 0.4) is 0 Å². The smallest absolute Gasteiger partial charge is 0.326 e. The first kappa shape index (κ1) is 22.8. The van der Waals surface area contributed by atoms with Crippen LogP contribution in [0.5, 0.6) is 5.75 Å². The molecule has 168 valence electrons. The van der Waals surface area contributed by atoms with E-state index in [4.69, 9.17) is 4.74 Å². The Morgan fingerprint density at radius 3 is 2.52 bits per heavy atom. The molecule has 1 saturated heterocycles. The van der Waals surface area contributed by atoms with Crippen LogP contribution in [-0.2, 0) is 22.6 Å². The monoisotopic (exact) mass is 451 g/mol. The summed E-state index contributed by atoms with van der Waals surface area (Å²) in [5.74, 6) is -1.35. The average molecular weight is 452 g/mol. The van der Waals surface area contributed by atoms with Gasteiger partial charge in [0.1, 0.15) is 30.3 Å². The second-order valence-electron chi connectivity index (χ2n) is 7.09. The number of carbonyl (C=O) groups is 2. The van der Waals surface area contributed by atoms with Crippen molar-refractivity contribution in [2.75, 3.05) is 10.8 Å². The van der Waals surface area contributed by atoms with Crippen molar-refractivity contribution in [3.63, 3.8) is 0 Å². The standard InChI is InChI=1S/C20H25N3O7S/c1-13(24)21-16(20(26)27)9-15-7-8-17(23-11-19(25)22-31(23,28)29)18(10-15)30-12-14-5-3-2-4-6-14/h2-8,10,16,19,22,25,28-29H,9,11-12H2,1H3,(H,21,24)(H,26,27)/t16-,19?/m0/s1. The zero-order chi connectivity index (χ0) is 22.6. The highest BCUT2D eigenvalue weighted by atomic mass is 32.3. The summed E-state index contributed by atoms with van der Waals surface area (Å²) in [6.07, 6.45) is -1.13. The van der Waals surface area contributed by atoms with Gasteiger partial charge in [-0.25, -0.2) is 4.79 Å². The van der Waals surface area contributed by atoms with E-state index in [0.29, 0.717) is 11.3 Å². The number of nitrogens with zero attached hydrogens (tertiary/aromatic N) is 1. The molecule has 0 aliphatic carbocycles. The fourth-order valence-electron chi connectivity index (χ4n) is 3.20. The fraction of sp³-hybridized carbons (Fsp3) is 0.300. The van der Waals surface area contributed by atoms with E-state index in [1.807, 2.05) is 30.3 Å². The number of hydrogen-bond donors (Lipinski definition) is 6. The number of aliphatic carboxylic acids is 1. The molecule has 1 amide bonds. The highest BCUT2D eigenvalue weighted by molar-refractivity contribution is 8.24. The maximum absolute atomic E-state index is 11.5. The van der Waals surface area contributed by atoms with Gasteiger partial charge in [-0.1, -0.05) is 47.4 Å². The van der Waals surface area contributed by atoms with E-state index < -0.39 is 35.1 Å². The molecule has 11 heteroatoms. The zero-order valence-electron chi connectivity index (χ0n) is 16.8. The molecule has 2 atom stereocenters. The van der Waals surface area contributed by atoms with Crippen LogP contribution in [-0.4, -0.2) is 50.0 Å². The van der Waals surface area contributed by atoms with Gasteiger partial charge >= 0.3 is 5.97 Å². The van der Waals surface area contributed by atoms with Gasteiger partial charge in [-0.2, -0.15) is 4.72 Å². The van der Waals surface area contributed by atoms with Gasteiger partial charge in [0.25, 0.3) is 0 Å². The van der Waals surface area contributed by atoms with Crippen LogP contribution in [0, 0.1) is 0 Å². The number of anilines is 1. The Balaban J connectivity index is 1.91. The van der Waals surface area contributed by atoms with E-state index in [2.05, 4.69) is 10.0 Å². The van der Waals surface area contributed by atoms with Gasteiger partial charge in [0.2, 0.25) is 5.91 Å². The van der Waals surface area contributed by atoms with Gasteiger partial charge in [-0.3, -0.25) is 18.2 Å². The number of aliphatic hydroxyl groups is 1. The van der Waals surface area contributed by atoms with Crippen LogP contribution < -0.4 is 19.1 Å². The Morgan fingerprint density at radius 2 is 1.94 bits per heavy atom. The summed E-state index contributed by atoms with van der Waals surface area (Å²) in [7, 11) is -3.46. The molecule has 0 spiro atoms. The Morgan fingerprint density at radius 1 is 1.23 bits per heavy atom. The Bertz CT molecular complexity index is 942. The lowest BCUT2D eigenvalue weighted by atomic mass is 10.0. The molecule has 3 rings (SSSR count). The highest BCUT2D eigenvalue weighted by Crippen LogP contribution is 2.49. The number of ether oxygens (including phenoxy) is 1. The predicted molar refractivity (Wildman–Crippen MR) is 115 cm³/mol. The molecular formula is C20H25N3O7S. The molecule has 0 bridgehead atoms. The van der Waals surface area contributed by atoms with Gasteiger partial charge in [-0.05, 0) is 23.3 Å².